The number of fused-ring (bicyclic) bond motifs is 1. The van der Waals surface area contributed by atoms with Crippen molar-refractivity contribution in [3.63, 3.8) is 0 Å². The summed E-state index contributed by atoms with van der Waals surface area (Å²) < 4.78 is 41.2. The Bertz CT molecular complexity index is 846. The van der Waals surface area contributed by atoms with Gasteiger partial charge in [-0.15, -0.1) is 0 Å². The summed E-state index contributed by atoms with van der Waals surface area (Å²) in [5.74, 6) is 0. The van der Waals surface area contributed by atoms with Crippen molar-refractivity contribution in [2.75, 3.05) is 0 Å². The molecule has 0 bridgehead atoms. The Morgan fingerprint density at radius 1 is 1.12 bits per heavy atom. The van der Waals surface area contributed by atoms with Crippen LogP contribution in [0, 0.1) is 0 Å². The minimum absolute atomic E-state index is 0.0848. The third-order valence-electron chi connectivity index (χ3n) is 2.23. The summed E-state index contributed by atoms with van der Waals surface area (Å²) in [7, 11) is 0. The molecule has 78 valence electrons. The van der Waals surface area contributed by atoms with Gasteiger partial charge in [0.2, 0.25) is 0 Å². The first-order valence-electron chi connectivity index (χ1n) is 7.13. The molecule has 3 aromatic rings. The van der Waals surface area contributed by atoms with Crippen molar-refractivity contribution in [2.45, 2.75) is 0 Å². The third-order valence-corrected chi connectivity index (χ3v) is 2.76. The van der Waals surface area contributed by atoms with E-state index in [1.165, 1.54) is 4.57 Å². The summed E-state index contributed by atoms with van der Waals surface area (Å²) in [5, 5.41) is 0. The van der Waals surface area contributed by atoms with Gasteiger partial charge in [-0.3, -0.25) is 4.57 Å². The number of nitrogens with zero attached hydrogens (tertiary/aromatic N) is 2. The summed E-state index contributed by atoms with van der Waals surface area (Å²) in [6.45, 7) is 0. The number of halogens is 1. The quantitative estimate of drug-likeness (QED) is 0.662. The van der Waals surface area contributed by atoms with E-state index in [1.807, 2.05) is 12.1 Å². The fourth-order valence-electron chi connectivity index (χ4n) is 1.56. The topological polar surface area (TPSA) is 17.8 Å². The van der Waals surface area contributed by atoms with E-state index in [4.69, 9.17) is 6.85 Å². The molecular weight excluding hydrogens is 264 g/mol. The molecule has 16 heavy (non-hydrogen) atoms. The first kappa shape index (κ1) is 5.64. The van der Waals surface area contributed by atoms with Gasteiger partial charge < -0.3 is 0 Å². The van der Waals surface area contributed by atoms with Crippen molar-refractivity contribution < 1.29 is 6.85 Å². The van der Waals surface area contributed by atoms with Gasteiger partial charge in [0.25, 0.3) is 0 Å². The maximum Gasteiger partial charge on any atom is 0.182 e. The summed E-state index contributed by atoms with van der Waals surface area (Å²) in [6, 6.07) is 5.56. The van der Waals surface area contributed by atoms with E-state index in [0.29, 0.717) is 15.8 Å². The molecule has 0 N–H and O–H groups in total. The second kappa shape index (κ2) is 3.76. The molecule has 0 saturated heterocycles. The van der Waals surface area contributed by atoms with Gasteiger partial charge in [-0.05, 0) is 40.1 Å². The molecule has 0 radical (unpaired) electrons. The Balaban J connectivity index is 2.47. The molecule has 0 amide bonds. The lowest BCUT2D eigenvalue weighted by atomic mass is 10.3. The lowest BCUT2D eigenvalue weighted by Crippen LogP contribution is -1.93. The zero-order chi connectivity index (χ0) is 15.3. The van der Waals surface area contributed by atoms with Crippen LogP contribution < -0.4 is 0 Å². The number of aromatic nitrogens is 2. The molecule has 0 saturated carbocycles. The molecule has 3 heteroatoms. The summed E-state index contributed by atoms with van der Waals surface area (Å²) >= 11 is 3.30. The summed E-state index contributed by atoms with van der Waals surface area (Å²) in [4.78, 5) is 4.30. The number of hydrogen-bond donors (Lipinski definition) is 0. The minimum atomic E-state index is -0.408. The standard InChI is InChI=1S/C13H9BrN2/c14-13-15-11-8-4-5-9-12(11)16(13)10-6-2-1-3-7-10/h1-9H/i1D,2D,3D,6D,7D. The number of hydrogen-bond acceptors (Lipinski definition) is 1. The van der Waals surface area contributed by atoms with Gasteiger partial charge in [0.15, 0.2) is 4.73 Å². The van der Waals surface area contributed by atoms with E-state index in [-0.39, 0.29) is 29.9 Å². The van der Waals surface area contributed by atoms with Crippen molar-refractivity contribution in [3.05, 3.63) is 59.2 Å². The molecule has 2 aromatic carbocycles. The largest absolute Gasteiger partial charge is 0.287 e. The first-order chi connectivity index (χ1) is 9.93. The van der Waals surface area contributed by atoms with E-state index < -0.39 is 6.04 Å². The number of benzene rings is 2. The molecule has 1 aromatic heterocycles. The van der Waals surface area contributed by atoms with Gasteiger partial charge >= 0.3 is 0 Å². The van der Waals surface area contributed by atoms with Crippen molar-refractivity contribution >= 4 is 27.0 Å². The molecule has 0 spiro atoms. The molecule has 0 atom stereocenters. The molecule has 3 rings (SSSR count). The number of imidazole rings is 1. The van der Waals surface area contributed by atoms with E-state index in [0.717, 1.165) is 0 Å². The Morgan fingerprint density at radius 2 is 1.88 bits per heavy atom. The second-order valence-corrected chi connectivity index (χ2v) is 3.89. The zero-order valence-electron chi connectivity index (χ0n) is 13.1. The normalized spacial score (nSPS) is 15.2. The van der Waals surface area contributed by atoms with Crippen LogP contribution in [0.2, 0.25) is 0 Å². The van der Waals surface area contributed by atoms with Crippen LogP contribution in [0.1, 0.15) is 6.85 Å². The van der Waals surface area contributed by atoms with Crippen molar-refractivity contribution in [1.82, 2.24) is 9.55 Å². The van der Waals surface area contributed by atoms with E-state index in [2.05, 4.69) is 20.9 Å². The molecule has 0 aliphatic rings. The van der Waals surface area contributed by atoms with Gasteiger partial charge in [0.05, 0.1) is 17.9 Å². The third kappa shape index (κ3) is 1.44. The highest BCUT2D eigenvalue weighted by Gasteiger charge is 2.08. The van der Waals surface area contributed by atoms with E-state index in [1.54, 1.807) is 12.1 Å². The predicted molar refractivity (Wildman–Crippen MR) is 68.8 cm³/mol. The van der Waals surface area contributed by atoms with Crippen LogP contribution in [0.15, 0.2) is 59.2 Å². The maximum atomic E-state index is 8.04. The predicted octanol–water partition coefficient (Wildman–Crippen LogP) is 3.79. The monoisotopic (exact) mass is 277 g/mol. The molecule has 0 aliphatic heterocycles. The number of para-hydroxylation sites is 3. The highest BCUT2D eigenvalue weighted by atomic mass is 79.9. The Hall–Kier alpha value is -1.61. The van der Waals surface area contributed by atoms with Crippen LogP contribution >= 0.6 is 15.9 Å². The number of rotatable bonds is 1. The maximum absolute atomic E-state index is 8.04. The first-order valence-corrected chi connectivity index (χ1v) is 5.43. The van der Waals surface area contributed by atoms with Crippen LogP contribution in [0.5, 0.6) is 0 Å². The molecule has 0 aliphatic carbocycles. The fraction of sp³-hybridized carbons (Fsp3) is 0. The molecular formula is C13H9BrN2. The smallest absolute Gasteiger partial charge is 0.182 e. The van der Waals surface area contributed by atoms with Gasteiger partial charge in [-0.25, -0.2) is 4.98 Å². The summed E-state index contributed by atoms with van der Waals surface area (Å²) in [5.41, 5.74) is 1.43. The Kier molecular flexibility index (Phi) is 1.32. The van der Waals surface area contributed by atoms with Crippen LogP contribution in [-0.4, -0.2) is 9.55 Å². The second-order valence-electron chi connectivity index (χ2n) is 3.18. The van der Waals surface area contributed by atoms with Crippen LogP contribution in [0.4, 0.5) is 0 Å². The van der Waals surface area contributed by atoms with Gasteiger partial charge in [0, 0.05) is 5.69 Å². The molecule has 1 heterocycles. The van der Waals surface area contributed by atoms with Crippen LogP contribution in [0.3, 0.4) is 0 Å². The summed E-state index contributed by atoms with van der Waals surface area (Å²) in [6.07, 6.45) is 0. The van der Waals surface area contributed by atoms with E-state index in [9.17, 15) is 0 Å². The van der Waals surface area contributed by atoms with Gasteiger partial charge in [0.1, 0.15) is 0 Å². The van der Waals surface area contributed by atoms with Crippen LogP contribution in [-0.2, 0) is 0 Å². The zero-order valence-corrected chi connectivity index (χ0v) is 9.67. The van der Waals surface area contributed by atoms with Crippen molar-refractivity contribution in [3.8, 4) is 5.69 Å². The fourth-order valence-corrected chi connectivity index (χ4v) is 2.12. The molecule has 0 unspecified atom stereocenters. The SMILES string of the molecule is [2H]c1c([2H])c([2H])c(-n2c(Br)nc3ccccc32)c([2H])c1[2H]. The van der Waals surface area contributed by atoms with Gasteiger partial charge in [-0.2, -0.15) is 0 Å². The average Bonchev–Trinajstić information content (AvgIpc) is 2.80. The highest BCUT2D eigenvalue weighted by Crippen LogP contribution is 2.24. The Morgan fingerprint density at radius 3 is 2.69 bits per heavy atom. The van der Waals surface area contributed by atoms with E-state index >= 15 is 0 Å². The minimum Gasteiger partial charge on any atom is -0.287 e. The van der Waals surface area contributed by atoms with Gasteiger partial charge in [-0.1, -0.05) is 30.3 Å². The Labute approximate surface area is 109 Å². The van der Waals surface area contributed by atoms with Crippen LogP contribution in [0.25, 0.3) is 16.7 Å². The lowest BCUT2D eigenvalue weighted by molar-refractivity contribution is 1.05. The average molecular weight is 278 g/mol. The molecule has 0 fully saturated rings. The lowest BCUT2D eigenvalue weighted by Gasteiger charge is -2.04. The van der Waals surface area contributed by atoms with Crippen molar-refractivity contribution in [1.29, 1.82) is 0 Å². The highest BCUT2D eigenvalue weighted by molar-refractivity contribution is 9.10. The van der Waals surface area contributed by atoms with Crippen molar-refractivity contribution in [2.24, 2.45) is 0 Å². The molecule has 2 nitrogen and oxygen atoms in total.